The Balaban J connectivity index is 1.58. The van der Waals surface area contributed by atoms with Gasteiger partial charge in [-0.3, -0.25) is 20.4 Å². The van der Waals surface area contributed by atoms with Crippen molar-refractivity contribution in [1.29, 1.82) is 0 Å². The van der Waals surface area contributed by atoms with Crippen molar-refractivity contribution in [2.75, 3.05) is 13.7 Å². The molecule has 0 saturated carbocycles. The fourth-order valence-electron chi connectivity index (χ4n) is 2.65. The number of hydrogen-bond donors (Lipinski definition) is 2. The molecule has 0 spiro atoms. The average Bonchev–Trinajstić information content (AvgIpc) is 2.76. The summed E-state index contributed by atoms with van der Waals surface area (Å²) in [6.45, 7) is -0.240. The van der Waals surface area contributed by atoms with Crippen molar-refractivity contribution in [3.63, 3.8) is 0 Å². The van der Waals surface area contributed by atoms with Gasteiger partial charge in [0.2, 0.25) is 0 Å². The van der Waals surface area contributed by atoms with E-state index in [0.29, 0.717) is 17.1 Å². The first-order valence-corrected chi connectivity index (χ1v) is 8.68. The molecule has 6 nitrogen and oxygen atoms in total. The highest BCUT2D eigenvalue weighted by molar-refractivity contribution is 5.97. The number of nitrogens with one attached hydrogen (secondary N) is 2. The SMILES string of the molecule is COc1ccccc1C(=O)NNC(=O)COc1ccccc1-c1ccccc1. The lowest BCUT2D eigenvalue weighted by molar-refractivity contribution is -0.123. The van der Waals surface area contributed by atoms with Gasteiger partial charge < -0.3 is 9.47 Å². The van der Waals surface area contributed by atoms with Crippen LogP contribution in [0.3, 0.4) is 0 Å². The summed E-state index contributed by atoms with van der Waals surface area (Å²) in [6.07, 6.45) is 0. The maximum absolute atomic E-state index is 12.2. The number of benzene rings is 3. The molecule has 0 radical (unpaired) electrons. The number of para-hydroxylation sites is 2. The number of carbonyl (C=O) groups excluding carboxylic acids is 2. The molecule has 0 aliphatic carbocycles. The molecular weight excluding hydrogens is 356 g/mol. The Morgan fingerprint density at radius 3 is 2.18 bits per heavy atom. The van der Waals surface area contributed by atoms with E-state index in [-0.39, 0.29) is 6.61 Å². The van der Waals surface area contributed by atoms with Gasteiger partial charge in [-0.05, 0) is 23.8 Å². The van der Waals surface area contributed by atoms with Crippen LogP contribution in [0.5, 0.6) is 11.5 Å². The highest BCUT2D eigenvalue weighted by atomic mass is 16.5. The van der Waals surface area contributed by atoms with Crippen molar-refractivity contribution < 1.29 is 19.1 Å². The van der Waals surface area contributed by atoms with Crippen molar-refractivity contribution in [2.45, 2.75) is 0 Å². The van der Waals surface area contributed by atoms with Gasteiger partial charge >= 0.3 is 0 Å². The summed E-state index contributed by atoms with van der Waals surface area (Å²) < 4.78 is 10.8. The second kappa shape index (κ2) is 9.23. The summed E-state index contributed by atoms with van der Waals surface area (Å²) >= 11 is 0. The Bertz CT molecular complexity index is 958. The number of methoxy groups -OCH3 is 1. The van der Waals surface area contributed by atoms with Crippen LogP contribution >= 0.6 is 0 Å². The second-order valence-electron chi connectivity index (χ2n) is 5.85. The summed E-state index contributed by atoms with van der Waals surface area (Å²) in [5.41, 5.74) is 6.89. The van der Waals surface area contributed by atoms with Crippen molar-refractivity contribution >= 4 is 11.8 Å². The standard InChI is InChI=1S/C22H20N2O4/c1-27-19-13-7-6-12-18(19)22(26)24-23-21(25)15-28-20-14-8-5-11-17(20)16-9-3-2-4-10-16/h2-14H,15H2,1H3,(H,23,25)(H,24,26). The molecule has 2 N–H and O–H groups in total. The molecule has 3 aromatic carbocycles. The topological polar surface area (TPSA) is 76.7 Å². The van der Waals surface area contributed by atoms with Crippen LogP contribution in [0.1, 0.15) is 10.4 Å². The Morgan fingerprint density at radius 2 is 1.43 bits per heavy atom. The van der Waals surface area contributed by atoms with E-state index in [1.165, 1.54) is 7.11 Å². The Hall–Kier alpha value is -3.80. The summed E-state index contributed by atoms with van der Waals surface area (Å²) in [6, 6.07) is 23.9. The molecule has 0 unspecified atom stereocenters. The van der Waals surface area contributed by atoms with Crippen molar-refractivity contribution in [2.24, 2.45) is 0 Å². The lowest BCUT2D eigenvalue weighted by Gasteiger charge is -2.13. The van der Waals surface area contributed by atoms with Gasteiger partial charge in [-0.2, -0.15) is 0 Å². The Morgan fingerprint density at radius 1 is 0.786 bits per heavy atom. The minimum absolute atomic E-state index is 0.240. The van der Waals surface area contributed by atoms with Gasteiger partial charge in [0, 0.05) is 5.56 Å². The number of hydrogen-bond acceptors (Lipinski definition) is 4. The molecule has 3 rings (SSSR count). The van der Waals surface area contributed by atoms with Crippen LogP contribution in [-0.4, -0.2) is 25.5 Å². The van der Waals surface area contributed by atoms with E-state index in [1.807, 2.05) is 48.5 Å². The predicted molar refractivity (Wildman–Crippen MR) is 106 cm³/mol. The van der Waals surface area contributed by atoms with Gasteiger partial charge in [0.1, 0.15) is 11.5 Å². The van der Waals surface area contributed by atoms with Crippen LogP contribution < -0.4 is 20.3 Å². The minimum Gasteiger partial charge on any atom is -0.496 e. The fourth-order valence-corrected chi connectivity index (χ4v) is 2.65. The molecular formula is C22H20N2O4. The normalized spacial score (nSPS) is 10.0. The summed E-state index contributed by atoms with van der Waals surface area (Å²) in [7, 11) is 1.47. The Kier molecular flexibility index (Phi) is 6.25. The van der Waals surface area contributed by atoms with E-state index < -0.39 is 11.8 Å². The summed E-state index contributed by atoms with van der Waals surface area (Å²) in [5, 5.41) is 0. The van der Waals surface area contributed by atoms with Crippen molar-refractivity contribution in [1.82, 2.24) is 10.9 Å². The third kappa shape index (κ3) is 4.67. The van der Waals surface area contributed by atoms with Gasteiger partial charge in [0.25, 0.3) is 11.8 Å². The number of ether oxygens (including phenoxy) is 2. The van der Waals surface area contributed by atoms with E-state index in [1.54, 1.807) is 30.3 Å². The van der Waals surface area contributed by atoms with Crippen LogP contribution in [0, 0.1) is 0 Å². The van der Waals surface area contributed by atoms with Crippen LogP contribution in [0.4, 0.5) is 0 Å². The molecule has 3 aromatic rings. The molecule has 6 heteroatoms. The van der Waals surface area contributed by atoms with Gasteiger partial charge in [0.05, 0.1) is 12.7 Å². The third-order valence-corrected chi connectivity index (χ3v) is 4.00. The van der Waals surface area contributed by atoms with Crippen molar-refractivity contribution in [3.05, 3.63) is 84.4 Å². The smallest absolute Gasteiger partial charge is 0.276 e. The van der Waals surface area contributed by atoms with Gasteiger partial charge in [-0.25, -0.2) is 0 Å². The van der Waals surface area contributed by atoms with Gasteiger partial charge in [-0.1, -0.05) is 60.7 Å². The Labute approximate surface area is 163 Å². The third-order valence-electron chi connectivity index (χ3n) is 4.00. The first-order valence-electron chi connectivity index (χ1n) is 8.68. The zero-order chi connectivity index (χ0) is 19.8. The molecule has 0 bridgehead atoms. The van der Waals surface area contributed by atoms with Crippen LogP contribution in [-0.2, 0) is 4.79 Å². The first-order chi connectivity index (χ1) is 13.7. The van der Waals surface area contributed by atoms with E-state index in [9.17, 15) is 9.59 Å². The average molecular weight is 376 g/mol. The van der Waals surface area contributed by atoms with Crippen LogP contribution in [0.25, 0.3) is 11.1 Å². The molecule has 0 aliphatic rings. The molecule has 142 valence electrons. The largest absolute Gasteiger partial charge is 0.496 e. The monoisotopic (exact) mass is 376 g/mol. The maximum atomic E-state index is 12.2. The lowest BCUT2D eigenvalue weighted by atomic mass is 10.1. The molecule has 0 aromatic heterocycles. The number of rotatable bonds is 6. The zero-order valence-electron chi connectivity index (χ0n) is 15.3. The number of hydrazine groups is 1. The lowest BCUT2D eigenvalue weighted by Crippen LogP contribution is -2.43. The number of amides is 2. The first kappa shape index (κ1) is 19.0. The maximum Gasteiger partial charge on any atom is 0.276 e. The number of carbonyl (C=O) groups is 2. The zero-order valence-corrected chi connectivity index (χ0v) is 15.3. The molecule has 28 heavy (non-hydrogen) atoms. The molecule has 0 heterocycles. The van der Waals surface area contributed by atoms with E-state index in [0.717, 1.165) is 11.1 Å². The molecule has 0 atom stereocenters. The summed E-state index contributed by atoms with van der Waals surface area (Å²) in [5.74, 6) is 0.0452. The van der Waals surface area contributed by atoms with E-state index >= 15 is 0 Å². The highest BCUT2D eigenvalue weighted by Crippen LogP contribution is 2.29. The van der Waals surface area contributed by atoms with E-state index in [4.69, 9.17) is 9.47 Å². The predicted octanol–water partition coefficient (Wildman–Crippen LogP) is 3.20. The molecule has 0 fully saturated rings. The molecule has 0 saturated heterocycles. The minimum atomic E-state index is -0.480. The van der Waals surface area contributed by atoms with Gasteiger partial charge in [0.15, 0.2) is 6.61 Å². The second-order valence-corrected chi connectivity index (χ2v) is 5.85. The highest BCUT2D eigenvalue weighted by Gasteiger charge is 2.13. The fraction of sp³-hybridized carbons (Fsp3) is 0.0909. The van der Waals surface area contributed by atoms with Crippen LogP contribution in [0.2, 0.25) is 0 Å². The van der Waals surface area contributed by atoms with Crippen molar-refractivity contribution in [3.8, 4) is 22.6 Å². The van der Waals surface area contributed by atoms with E-state index in [2.05, 4.69) is 10.9 Å². The molecule has 2 amide bonds. The quantitative estimate of drug-likeness (QED) is 0.648. The van der Waals surface area contributed by atoms with Gasteiger partial charge in [-0.15, -0.1) is 0 Å². The summed E-state index contributed by atoms with van der Waals surface area (Å²) in [4.78, 5) is 24.3. The molecule has 0 aliphatic heterocycles. The van der Waals surface area contributed by atoms with Crippen LogP contribution in [0.15, 0.2) is 78.9 Å².